The zero-order valence-electron chi connectivity index (χ0n) is 13.7. The van der Waals surface area contributed by atoms with E-state index in [1.54, 1.807) is 11.3 Å². The highest BCUT2D eigenvalue weighted by atomic mass is 32.1. The molecule has 2 aliphatic heterocycles. The fourth-order valence-electron chi connectivity index (χ4n) is 3.57. The van der Waals surface area contributed by atoms with Gasteiger partial charge in [0.15, 0.2) is 5.13 Å². The van der Waals surface area contributed by atoms with Gasteiger partial charge in [0.05, 0.1) is 5.69 Å². The van der Waals surface area contributed by atoms with Crippen LogP contribution in [0.2, 0.25) is 0 Å². The maximum Gasteiger partial charge on any atom is 0.225 e. The average Bonchev–Trinajstić information content (AvgIpc) is 3.35. The first kappa shape index (κ1) is 15.4. The molecule has 1 amide bonds. The second kappa shape index (κ2) is 6.77. The number of piperidine rings is 1. The summed E-state index contributed by atoms with van der Waals surface area (Å²) >= 11 is 1.76. The molecule has 0 unspecified atom stereocenters. The van der Waals surface area contributed by atoms with Gasteiger partial charge >= 0.3 is 0 Å². The van der Waals surface area contributed by atoms with Gasteiger partial charge in [0.2, 0.25) is 5.91 Å². The number of anilines is 1. The van der Waals surface area contributed by atoms with Crippen LogP contribution < -0.4 is 4.90 Å². The number of carbonyl (C=O) groups is 1. The SMILES string of the molecule is O=C(C1CC1)N1CCN(c2nc(CN3CCCCC3)cs2)CC1. The molecule has 1 saturated carbocycles. The molecule has 0 atom stereocenters. The lowest BCUT2D eigenvalue weighted by Crippen LogP contribution is -2.49. The van der Waals surface area contributed by atoms with Crippen molar-refractivity contribution in [3.05, 3.63) is 11.1 Å². The molecule has 1 aliphatic carbocycles. The minimum Gasteiger partial charge on any atom is -0.345 e. The molecule has 0 radical (unpaired) electrons. The summed E-state index contributed by atoms with van der Waals surface area (Å²) in [6.45, 7) is 7.00. The van der Waals surface area contributed by atoms with E-state index in [2.05, 4.69) is 20.1 Å². The van der Waals surface area contributed by atoms with Crippen molar-refractivity contribution in [1.29, 1.82) is 0 Å². The average molecular weight is 334 g/mol. The Morgan fingerprint density at radius 2 is 1.83 bits per heavy atom. The summed E-state index contributed by atoms with van der Waals surface area (Å²) < 4.78 is 0. The van der Waals surface area contributed by atoms with Crippen LogP contribution in [0.3, 0.4) is 0 Å². The van der Waals surface area contributed by atoms with Crippen molar-refractivity contribution in [1.82, 2.24) is 14.8 Å². The van der Waals surface area contributed by atoms with Gasteiger partial charge in [-0.3, -0.25) is 9.69 Å². The Hall–Kier alpha value is -1.14. The number of rotatable bonds is 4. The molecule has 0 bridgehead atoms. The van der Waals surface area contributed by atoms with Gasteiger partial charge in [0, 0.05) is 44.0 Å². The van der Waals surface area contributed by atoms with Crippen molar-refractivity contribution in [3.8, 4) is 0 Å². The number of piperazine rings is 1. The number of aromatic nitrogens is 1. The number of thiazole rings is 1. The lowest BCUT2D eigenvalue weighted by molar-refractivity contribution is -0.132. The van der Waals surface area contributed by atoms with E-state index in [-0.39, 0.29) is 0 Å². The van der Waals surface area contributed by atoms with Gasteiger partial charge in [-0.25, -0.2) is 4.98 Å². The quantitative estimate of drug-likeness (QED) is 0.846. The van der Waals surface area contributed by atoms with Crippen LogP contribution >= 0.6 is 11.3 Å². The molecule has 3 aliphatic rings. The molecule has 5 nitrogen and oxygen atoms in total. The van der Waals surface area contributed by atoms with Crippen molar-refractivity contribution in [2.24, 2.45) is 5.92 Å². The molecular formula is C17H26N4OS. The smallest absolute Gasteiger partial charge is 0.225 e. The number of nitrogens with zero attached hydrogens (tertiary/aromatic N) is 4. The summed E-state index contributed by atoms with van der Waals surface area (Å²) in [4.78, 5) is 23.9. The Morgan fingerprint density at radius 3 is 2.52 bits per heavy atom. The minimum absolute atomic E-state index is 0.345. The highest BCUT2D eigenvalue weighted by molar-refractivity contribution is 7.13. The summed E-state index contributed by atoms with van der Waals surface area (Å²) in [6, 6.07) is 0. The molecule has 3 fully saturated rings. The molecule has 3 heterocycles. The van der Waals surface area contributed by atoms with E-state index in [1.165, 1.54) is 38.0 Å². The van der Waals surface area contributed by atoms with E-state index < -0.39 is 0 Å². The van der Waals surface area contributed by atoms with Gasteiger partial charge in [0.25, 0.3) is 0 Å². The van der Waals surface area contributed by atoms with Gasteiger partial charge in [-0.05, 0) is 38.8 Å². The molecule has 1 aromatic heterocycles. The first-order valence-electron chi connectivity index (χ1n) is 9.00. The van der Waals surface area contributed by atoms with Crippen molar-refractivity contribution in [3.63, 3.8) is 0 Å². The third-order valence-corrected chi connectivity index (χ3v) is 6.11. The number of hydrogen-bond donors (Lipinski definition) is 0. The van der Waals surface area contributed by atoms with E-state index >= 15 is 0 Å². The molecule has 0 N–H and O–H groups in total. The third-order valence-electron chi connectivity index (χ3n) is 5.16. The van der Waals surface area contributed by atoms with E-state index in [9.17, 15) is 4.79 Å². The van der Waals surface area contributed by atoms with Crippen LogP contribution in [0.15, 0.2) is 5.38 Å². The topological polar surface area (TPSA) is 39.7 Å². The largest absolute Gasteiger partial charge is 0.345 e. The zero-order valence-corrected chi connectivity index (χ0v) is 14.6. The van der Waals surface area contributed by atoms with E-state index in [0.29, 0.717) is 11.8 Å². The van der Waals surface area contributed by atoms with Gasteiger partial charge in [-0.2, -0.15) is 0 Å². The van der Waals surface area contributed by atoms with Crippen molar-refractivity contribution >= 4 is 22.4 Å². The Labute approximate surface area is 142 Å². The van der Waals surface area contributed by atoms with Crippen LogP contribution in [0.1, 0.15) is 37.8 Å². The number of carbonyl (C=O) groups excluding carboxylic acids is 1. The summed E-state index contributed by atoms with van der Waals surface area (Å²) in [5.74, 6) is 0.729. The van der Waals surface area contributed by atoms with Crippen molar-refractivity contribution < 1.29 is 4.79 Å². The van der Waals surface area contributed by atoms with E-state index in [0.717, 1.165) is 50.7 Å². The molecule has 1 aromatic rings. The standard InChI is InChI=1S/C17H26N4OS/c22-16(14-4-5-14)20-8-10-21(11-9-20)17-18-15(13-23-17)12-19-6-2-1-3-7-19/h13-14H,1-12H2. The molecular weight excluding hydrogens is 308 g/mol. The Bertz CT molecular complexity index is 543. The zero-order chi connectivity index (χ0) is 15.6. The predicted molar refractivity (Wildman–Crippen MR) is 92.8 cm³/mol. The van der Waals surface area contributed by atoms with Gasteiger partial charge in [-0.15, -0.1) is 11.3 Å². The second-order valence-electron chi connectivity index (χ2n) is 7.04. The minimum atomic E-state index is 0.345. The number of likely N-dealkylation sites (tertiary alicyclic amines) is 1. The molecule has 23 heavy (non-hydrogen) atoms. The van der Waals surface area contributed by atoms with Gasteiger partial charge in [0.1, 0.15) is 0 Å². The molecule has 126 valence electrons. The van der Waals surface area contributed by atoms with Crippen molar-refractivity contribution in [2.45, 2.75) is 38.6 Å². The van der Waals surface area contributed by atoms with Crippen LogP contribution in [-0.2, 0) is 11.3 Å². The lowest BCUT2D eigenvalue weighted by Gasteiger charge is -2.34. The molecule has 0 spiro atoms. The molecule has 4 rings (SSSR count). The highest BCUT2D eigenvalue weighted by Gasteiger charge is 2.34. The van der Waals surface area contributed by atoms with Gasteiger partial charge in [-0.1, -0.05) is 6.42 Å². The summed E-state index contributed by atoms with van der Waals surface area (Å²) in [6.07, 6.45) is 6.24. The fourth-order valence-corrected chi connectivity index (χ4v) is 4.44. The second-order valence-corrected chi connectivity index (χ2v) is 7.88. The normalized spacial score (nSPS) is 23.3. The molecule has 2 saturated heterocycles. The first-order chi connectivity index (χ1) is 11.3. The maximum atomic E-state index is 12.1. The lowest BCUT2D eigenvalue weighted by atomic mass is 10.1. The van der Waals surface area contributed by atoms with Crippen LogP contribution in [0, 0.1) is 5.92 Å². The maximum absolute atomic E-state index is 12.1. The monoisotopic (exact) mass is 334 g/mol. The van der Waals surface area contributed by atoms with Crippen LogP contribution in [0.25, 0.3) is 0 Å². The summed E-state index contributed by atoms with van der Waals surface area (Å²) in [5, 5.41) is 3.35. The summed E-state index contributed by atoms with van der Waals surface area (Å²) in [5.41, 5.74) is 1.21. The predicted octanol–water partition coefficient (Wildman–Crippen LogP) is 2.19. The number of hydrogen-bond acceptors (Lipinski definition) is 5. The van der Waals surface area contributed by atoms with E-state index in [1.807, 2.05) is 0 Å². The highest BCUT2D eigenvalue weighted by Crippen LogP contribution is 2.31. The van der Waals surface area contributed by atoms with Crippen LogP contribution in [0.4, 0.5) is 5.13 Å². The van der Waals surface area contributed by atoms with Crippen LogP contribution in [-0.4, -0.2) is 60.0 Å². The van der Waals surface area contributed by atoms with E-state index in [4.69, 9.17) is 4.98 Å². The van der Waals surface area contributed by atoms with Crippen LogP contribution in [0.5, 0.6) is 0 Å². The third kappa shape index (κ3) is 3.69. The Kier molecular flexibility index (Phi) is 4.53. The van der Waals surface area contributed by atoms with Crippen molar-refractivity contribution in [2.75, 3.05) is 44.2 Å². The Balaban J connectivity index is 1.30. The molecule has 0 aromatic carbocycles. The first-order valence-corrected chi connectivity index (χ1v) is 9.88. The fraction of sp³-hybridized carbons (Fsp3) is 0.765. The Morgan fingerprint density at radius 1 is 1.09 bits per heavy atom. The van der Waals surface area contributed by atoms with Gasteiger partial charge < -0.3 is 9.80 Å². The molecule has 6 heteroatoms. The number of amides is 1. The summed E-state index contributed by atoms with van der Waals surface area (Å²) in [7, 11) is 0.